The molecule has 6 heteroatoms. The zero-order valence-corrected chi connectivity index (χ0v) is 6.35. The molecule has 0 aromatic heterocycles. The van der Waals surface area contributed by atoms with Crippen molar-refractivity contribution in [3.8, 4) is 0 Å². The first-order valence-electron chi connectivity index (χ1n) is 3.09. The zero-order chi connectivity index (χ0) is 8.85. The van der Waals surface area contributed by atoms with Crippen LogP contribution in [0.15, 0.2) is 0 Å². The second kappa shape index (κ2) is 5.03. The molecule has 66 valence electrons. The van der Waals surface area contributed by atoms with Gasteiger partial charge in [0.25, 0.3) is 0 Å². The minimum Gasteiger partial charge on any atom is -0.464 e. The molecule has 11 heavy (non-hydrogen) atoms. The lowest BCUT2D eigenvalue weighted by molar-refractivity contribution is -0.500. The van der Waals surface area contributed by atoms with E-state index in [4.69, 9.17) is 10.4 Å². The molecule has 0 saturated carbocycles. The molecule has 0 aliphatic rings. The van der Waals surface area contributed by atoms with E-state index in [-0.39, 0.29) is 6.61 Å². The fourth-order valence-corrected chi connectivity index (χ4v) is 0.444. The van der Waals surface area contributed by atoms with Crippen molar-refractivity contribution < 1.29 is 24.8 Å². The highest BCUT2D eigenvalue weighted by molar-refractivity contribution is 5.74. The van der Waals surface area contributed by atoms with Gasteiger partial charge in [-0.2, -0.15) is 0 Å². The first-order valence-corrected chi connectivity index (χ1v) is 3.09. The fraction of sp³-hybridized carbons (Fsp3) is 0.800. The van der Waals surface area contributed by atoms with Crippen LogP contribution >= 0.6 is 0 Å². The smallest absolute Gasteiger partial charge is 0.337 e. The summed E-state index contributed by atoms with van der Waals surface area (Å²) in [6.45, 7) is 3.20. The highest BCUT2D eigenvalue weighted by atomic mass is 17.1. The van der Waals surface area contributed by atoms with Gasteiger partial charge in [0.05, 0.1) is 12.0 Å². The summed E-state index contributed by atoms with van der Waals surface area (Å²) in [7, 11) is 0. The quantitative estimate of drug-likeness (QED) is 0.449. The number of nitrogens with zero attached hydrogens (tertiary/aromatic N) is 1. The van der Waals surface area contributed by atoms with Crippen molar-refractivity contribution >= 4 is 5.97 Å². The summed E-state index contributed by atoms with van der Waals surface area (Å²) in [6, 6.07) is 0. The predicted octanol–water partition coefficient (Wildman–Crippen LogP) is -0.0500. The predicted molar refractivity (Wildman–Crippen MR) is 32.6 cm³/mol. The third-order valence-corrected chi connectivity index (χ3v) is 0.871. The van der Waals surface area contributed by atoms with Crippen LogP contribution < -0.4 is 0 Å². The standard InChI is InChI=1S/C5H11NO5/c1-3-10-5(7)4(2)11-6(8)9/h4,8-9H,3H2,1-2H3. The molecule has 0 spiro atoms. The topological polar surface area (TPSA) is 79.2 Å². The molecule has 0 bridgehead atoms. The van der Waals surface area contributed by atoms with Crippen LogP contribution in [-0.2, 0) is 14.4 Å². The Hall–Kier alpha value is -0.690. The zero-order valence-electron chi connectivity index (χ0n) is 6.35. The molecule has 2 N–H and O–H groups in total. The Bertz CT molecular complexity index is 126. The lowest BCUT2D eigenvalue weighted by atomic mass is 10.4. The van der Waals surface area contributed by atoms with E-state index in [2.05, 4.69) is 9.57 Å². The molecule has 0 amide bonds. The molecular weight excluding hydrogens is 154 g/mol. The van der Waals surface area contributed by atoms with Crippen LogP contribution in [0.4, 0.5) is 0 Å². The van der Waals surface area contributed by atoms with Crippen LogP contribution in [0.2, 0.25) is 0 Å². The average Bonchev–Trinajstić information content (AvgIpc) is 1.86. The number of esters is 1. The van der Waals surface area contributed by atoms with Crippen molar-refractivity contribution in [1.82, 2.24) is 5.39 Å². The van der Waals surface area contributed by atoms with Crippen molar-refractivity contribution in [1.29, 1.82) is 0 Å². The Morgan fingerprint density at radius 1 is 1.64 bits per heavy atom. The molecule has 1 unspecified atom stereocenters. The van der Waals surface area contributed by atoms with E-state index in [1.54, 1.807) is 6.92 Å². The maximum absolute atomic E-state index is 10.7. The Morgan fingerprint density at radius 3 is 2.55 bits per heavy atom. The summed E-state index contributed by atoms with van der Waals surface area (Å²) in [6.07, 6.45) is -1.02. The summed E-state index contributed by atoms with van der Waals surface area (Å²) in [4.78, 5) is 14.8. The third-order valence-electron chi connectivity index (χ3n) is 0.871. The van der Waals surface area contributed by atoms with Gasteiger partial charge in [-0.15, -0.1) is 0 Å². The molecule has 0 rings (SSSR count). The molecular formula is C5H11NO5. The van der Waals surface area contributed by atoms with Crippen molar-refractivity contribution in [2.75, 3.05) is 6.61 Å². The number of carbonyl (C=O) groups is 1. The number of carbonyl (C=O) groups excluding carboxylic acids is 1. The number of hydrogen-bond acceptors (Lipinski definition) is 6. The normalized spacial score (nSPS) is 13.2. The van der Waals surface area contributed by atoms with E-state index in [1.165, 1.54) is 6.92 Å². The Kier molecular flexibility index (Phi) is 4.71. The highest BCUT2D eigenvalue weighted by Gasteiger charge is 2.16. The summed E-state index contributed by atoms with van der Waals surface area (Å²) in [5.74, 6) is -0.652. The monoisotopic (exact) mass is 165 g/mol. The number of ether oxygens (including phenoxy) is 1. The summed E-state index contributed by atoms with van der Waals surface area (Å²) >= 11 is 0. The number of rotatable bonds is 4. The SMILES string of the molecule is CCOC(=O)C(C)ON(O)O. The van der Waals surface area contributed by atoms with Crippen LogP contribution in [0.25, 0.3) is 0 Å². The van der Waals surface area contributed by atoms with Crippen molar-refractivity contribution in [3.05, 3.63) is 0 Å². The molecule has 0 aromatic carbocycles. The van der Waals surface area contributed by atoms with Gasteiger partial charge in [0.1, 0.15) is 0 Å². The lowest BCUT2D eigenvalue weighted by Gasteiger charge is -2.12. The van der Waals surface area contributed by atoms with Crippen LogP contribution in [0.3, 0.4) is 0 Å². The maximum Gasteiger partial charge on any atom is 0.337 e. The molecule has 6 nitrogen and oxygen atoms in total. The van der Waals surface area contributed by atoms with Crippen molar-refractivity contribution in [2.24, 2.45) is 0 Å². The summed E-state index contributed by atoms with van der Waals surface area (Å²) in [5.41, 5.74) is 0. The highest BCUT2D eigenvalue weighted by Crippen LogP contribution is 1.94. The van der Waals surface area contributed by atoms with Gasteiger partial charge < -0.3 is 4.74 Å². The van der Waals surface area contributed by atoms with E-state index in [1.807, 2.05) is 0 Å². The molecule has 1 atom stereocenters. The molecule has 0 saturated heterocycles. The Labute approximate surface area is 63.8 Å². The first kappa shape index (κ1) is 10.3. The van der Waals surface area contributed by atoms with E-state index < -0.39 is 17.5 Å². The first-order chi connectivity index (χ1) is 5.07. The number of hydrogen-bond donors (Lipinski definition) is 2. The van der Waals surface area contributed by atoms with Gasteiger partial charge in [0, 0.05) is 0 Å². The van der Waals surface area contributed by atoms with Gasteiger partial charge in [0.15, 0.2) is 6.10 Å². The van der Waals surface area contributed by atoms with Gasteiger partial charge in [-0.1, -0.05) is 0 Å². The summed E-state index contributed by atoms with van der Waals surface area (Å²) in [5, 5.41) is 15.7. The van der Waals surface area contributed by atoms with Gasteiger partial charge >= 0.3 is 5.97 Å². The van der Waals surface area contributed by atoms with Crippen LogP contribution in [-0.4, -0.2) is 34.5 Å². The van der Waals surface area contributed by atoms with E-state index in [9.17, 15) is 4.79 Å². The summed E-state index contributed by atoms with van der Waals surface area (Å²) < 4.78 is 4.49. The Balaban J connectivity index is 3.64. The van der Waals surface area contributed by atoms with E-state index >= 15 is 0 Å². The average molecular weight is 165 g/mol. The molecule has 0 aliphatic heterocycles. The van der Waals surface area contributed by atoms with Gasteiger partial charge in [0.2, 0.25) is 0 Å². The Morgan fingerprint density at radius 2 is 2.18 bits per heavy atom. The maximum atomic E-state index is 10.7. The minimum atomic E-state index is -1.02. The van der Waals surface area contributed by atoms with Crippen LogP contribution in [0.5, 0.6) is 0 Å². The molecule has 0 aromatic rings. The fourth-order valence-electron chi connectivity index (χ4n) is 0.444. The molecule has 0 aliphatic carbocycles. The molecule has 0 heterocycles. The van der Waals surface area contributed by atoms with Gasteiger partial charge in [-0.05, 0) is 13.8 Å². The third kappa shape index (κ3) is 4.68. The van der Waals surface area contributed by atoms with Gasteiger partial charge in [-0.3, -0.25) is 10.4 Å². The molecule has 0 fully saturated rings. The van der Waals surface area contributed by atoms with E-state index in [0.29, 0.717) is 0 Å². The van der Waals surface area contributed by atoms with Crippen LogP contribution in [0, 0.1) is 0 Å². The second-order valence-corrected chi connectivity index (χ2v) is 1.75. The van der Waals surface area contributed by atoms with Crippen molar-refractivity contribution in [2.45, 2.75) is 20.0 Å². The van der Waals surface area contributed by atoms with E-state index in [0.717, 1.165) is 0 Å². The van der Waals surface area contributed by atoms with Crippen LogP contribution in [0.1, 0.15) is 13.8 Å². The molecule has 0 radical (unpaired) electrons. The largest absolute Gasteiger partial charge is 0.464 e. The lowest BCUT2D eigenvalue weighted by Crippen LogP contribution is -2.29. The minimum absolute atomic E-state index is 0.226. The second-order valence-electron chi connectivity index (χ2n) is 1.75. The van der Waals surface area contributed by atoms with Crippen molar-refractivity contribution in [3.63, 3.8) is 0 Å². The van der Waals surface area contributed by atoms with Gasteiger partial charge in [-0.25, -0.2) is 9.63 Å².